The second-order valence-electron chi connectivity index (χ2n) is 4.03. The number of nitrogens with two attached hydrogens (primary N) is 1. The Labute approximate surface area is 78.8 Å². The molecule has 2 N–H and O–H groups in total. The highest BCUT2D eigenvalue weighted by atomic mass is 28.3. The fourth-order valence-corrected chi connectivity index (χ4v) is 5.30. The van der Waals surface area contributed by atoms with Crippen molar-refractivity contribution in [2.24, 2.45) is 5.40 Å². The van der Waals surface area contributed by atoms with Gasteiger partial charge in [0.05, 0.1) is 0 Å². The van der Waals surface area contributed by atoms with E-state index in [4.69, 9.17) is 5.40 Å². The maximum absolute atomic E-state index is 6.48. The molecule has 0 aliphatic heterocycles. The standard InChI is InChI=1S/C10H25NSi/c1-5-8-10(4)12(11,7-3)9-6-2/h10H,5-9,11H2,1-4H3. The first kappa shape index (κ1) is 12.2. The molecule has 0 rings (SSSR count). The van der Waals surface area contributed by atoms with Gasteiger partial charge in [-0.3, -0.25) is 0 Å². The van der Waals surface area contributed by atoms with Crippen molar-refractivity contribution in [3.63, 3.8) is 0 Å². The van der Waals surface area contributed by atoms with Crippen LogP contribution in [0.3, 0.4) is 0 Å². The van der Waals surface area contributed by atoms with E-state index in [0.29, 0.717) is 0 Å². The third kappa shape index (κ3) is 3.28. The summed E-state index contributed by atoms with van der Waals surface area (Å²) in [7, 11) is -1.35. The minimum Gasteiger partial charge on any atom is -0.350 e. The normalized spacial score (nSPS) is 18.8. The van der Waals surface area contributed by atoms with Gasteiger partial charge in [0, 0.05) is 0 Å². The molecular formula is C10H25NSi. The van der Waals surface area contributed by atoms with E-state index < -0.39 is 8.24 Å². The lowest BCUT2D eigenvalue weighted by atomic mass is 10.3. The predicted molar refractivity (Wildman–Crippen MR) is 59.9 cm³/mol. The molecule has 0 bridgehead atoms. The lowest BCUT2D eigenvalue weighted by Crippen LogP contribution is -2.48. The second kappa shape index (κ2) is 5.76. The highest BCUT2D eigenvalue weighted by Crippen LogP contribution is 2.29. The molecule has 0 aromatic heterocycles. The zero-order valence-electron chi connectivity index (χ0n) is 9.19. The molecule has 0 spiro atoms. The molecule has 0 aromatic rings. The van der Waals surface area contributed by atoms with E-state index in [2.05, 4.69) is 27.7 Å². The number of hydrogen-bond acceptors (Lipinski definition) is 1. The van der Waals surface area contributed by atoms with Crippen molar-refractivity contribution in [2.45, 2.75) is 64.6 Å². The largest absolute Gasteiger partial charge is 0.350 e. The van der Waals surface area contributed by atoms with Crippen LogP contribution in [0, 0.1) is 0 Å². The maximum atomic E-state index is 6.48. The Bertz CT molecular complexity index is 116. The van der Waals surface area contributed by atoms with Gasteiger partial charge in [0.1, 0.15) is 8.24 Å². The molecule has 2 unspecified atom stereocenters. The Morgan fingerprint density at radius 2 is 1.75 bits per heavy atom. The quantitative estimate of drug-likeness (QED) is 0.633. The molecule has 0 saturated heterocycles. The minimum absolute atomic E-state index is 0.812. The molecule has 0 amide bonds. The van der Waals surface area contributed by atoms with Crippen molar-refractivity contribution >= 4 is 8.24 Å². The van der Waals surface area contributed by atoms with Crippen molar-refractivity contribution in [1.29, 1.82) is 0 Å². The molecule has 0 aliphatic carbocycles. The van der Waals surface area contributed by atoms with Crippen molar-refractivity contribution in [2.75, 3.05) is 0 Å². The van der Waals surface area contributed by atoms with Crippen LogP contribution in [-0.4, -0.2) is 8.24 Å². The van der Waals surface area contributed by atoms with Crippen LogP contribution in [0.2, 0.25) is 17.6 Å². The van der Waals surface area contributed by atoms with Crippen LogP contribution in [0.15, 0.2) is 0 Å². The first-order valence-electron chi connectivity index (χ1n) is 5.39. The van der Waals surface area contributed by atoms with E-state index in [1.165, 1.54) is 31.4 Å². The van der Waals surface area contributed by atoms with Crippen molar-refractivity contribution < 1.29 is 0 Å². The van der Waals surface area contributed by atoms with Gasteiger partial charge < -0.3 is 5.40 Å². The summed E-state index contributed by atoms with van der Waals surface area (Å²) in [4.78, 5) is 0. The maximum Gasteiger partial charge on any atom is 0.125 e. The first-order chi connectivity index (χ1) is 5.60. The Morgan fingerprint density at radius 1 is 1.17 bits per heavy atom. The van der Waals surface area contributed by atoms with Crippen LogP contribution in [0.1, 0.15) is 47.0 Å². The molecule has 0 aromatic carbocycles. The van der Waals surface area contributed by atoms with Gasteiger partial charge in [0.25, 0.3) is 0 Å². The Morgan fingerprint density at radius 3 is 2.08 bits per heavy atom. The predicted octanol–water partition coefficient (Wildman–Crippen LogP) is 3.51. The van der Waals surface area contributed by atoms with Gasteiger partial charge in [0.2, 0.25) is 0 Å². The van der Waals surface area contributed by atoms with E-state index in [1.807, 2.05) is 0 Å². The Hall–Kier alpha value is 0.177. The van der Waals surface area contributed by atoms with E-state index >= 15 is 0 Å². The summed E-state index contributed by atoms with van der Waals surface area (Å²) in [5.74, 6) is 0. The van der Waals surface area contributed by atoms with Crippen molar-refractivity contribution in [3.05, 3.63) is 0 Å². The molecule has 0 saturated carbocycles. The van der Waals surface area contributed by atoms with Gasteiger partial charge in [-0.05, 0) is 17.6 Å². The minimum atomic E-state index is -1.35. The summed E-state index contributed by atoms with van der Waals surface area (Å²) in [5, 5.41) is 6.48. The third-order valence-electron chi connectivity index (χ3n) is 3.08. The van der Waals surface area contributed by atoms with Gasteiger partial charge in [0.15, 0.2) is 0 Å². The van der Waals surface area contributed by atoms with Gasteiger partial charge in [-0.2, -0.15) is 0 Å². The number of rotatable bonds is 6. The highest BCUT2D eigenvalue weighted by Gasteiger charge is 2.31. The van der Waals surface area contributed by atoms with E-state index in [9.17, 15) is 0 Å². The fraction of sp³-hybridized carbons (Fsp3) is 1.00. The summed E-state index contributed by atoms with van der Waals surface area (Å²) in [6.45, 7) is 9.14. The SMILES string of the molecule is CCCC(C)[Si](N)(CC)CCC. The van der Waals surface area contributed by atoms with Crippen LogP contribution in [-0.2, 0) is 0 Å². The first-order valence-corrected chi connectivity index (χ1v) is 7.96. The molecule has 1 nitrogen and oxygen atoms in total. The topological polar surface area (TPSA) is 26.0 Å². The molecular weight excluding hydrogens is 162 g/mol. The summed E-state index contributed by atoms with van der Waals surface area (Å²) < 4.78 is 0. The van der Waals surface area contributed by atoms with E-state index in [0.717, 1.165) is 5.54 Å². The van der Waals surface area contributed by atoms with Gasteiger partial charge in [-0.15, -0.1) is 0 Å². The van der Waals surface area contributed by atoms with Crippen molar-refractivity contribution in [1.82, 2.24) is 0 Å². The molecule has 0 fully saturated rings. The smallest absolute Gasteiger partial charge is 0.125 e. The average molecular weight is 187 g/mol. The summed E-state index contributed by atoms with van der Waals surface area (Å²) in [6, 6.07) is 2.56. The molecule has 0 aliphatic rings. The summed E-state index contributed by atoms with van der Waals surface area (Å²) in [5.41, 5.74) is 0.812. The van der Waals surface area contributed by atoms with Crippen LogP contribution in [0.25, 0.3) is 0 Å². The molecule has 2 atom stereocenters. The van der Waals surface area contributed by atoms with Crippen LogP contribution >= 0.6 is 0 Å². The molecule has 74 valence electrons. The van der Waals surface area contributed by atoms with E-state index in [1.54, 1.807) is 0 Å². The molecule has 12 heavy (non-hydrogen) atoms. The molecule has 2 heteroatoms. The summed E-state index contributed by atoms with van der Waals surface area (Å²) >= 11 is 0. The van der Waals surface area contributed by atoms with E-state index in [-0.39, 0.29) is 0 Å². The van der Waals surface area contributed by atoms with Crippen LogP contribution in [0.5, 0.6) is 0 Å². The summed E-state index contributed by atoms with van der Waals surface area (Å²) in [6.07, 6.45) is 3.89. The Balaban J connectivity index is 4.08. The van der Waals surface area contributed by atoms with Gasteiger partial charge >= 0.3 is 0 Å². The highest BCUT2D eigenvalue weighted by molar-refractivity contribution is 6.78. The molecule has 0 heterocycles. The van der Waals surface area contributed by atoms with Gasteiger partial charge in [-0.1, -0.05) is 47.0 Å². The Kier molecular flexibility index (Phi) is 5.84. The lowest BCUT2D eigenvalue weighted by Gasteiger charge is -2.31. The third-order valence-corrected chi connectivity index (χ3v) is 8.08. The molecule has 0 radical (unpaired) electrons. The second-order valence-corrected chi connectivity index (χ2v) is 8.69. The monoisotopic (exact) mass is 187 g/mol. The zero-order valence-corrected chi connectivity index (χ0v) is 10.2. The average Bonchev–Trinajstić information content (AvgIpc) is 2.05. The zero-order chi connectivity index (χ0) is 9.61. The van der Waals surface area contributed by atoms with Crippen LogP contribution in [0.4, 0.5) is 0 Å². The lowest BCUT2D eigenvalue weighted by molar-refractivity contribution is 0.726. The van der Waals surface area contributed by atoms with Gasteiger partial charge in [-0.25, -0.2) is 0 Å². The number of hydrogen-bond donors (Lipinski definition) is 1. The fourth-order valence-electron chi connectivity index (χ4n) is 1.96. The van der Waals surface area contributed by atoms with Crippen molar-refractivity contribution in [3.8, 4) is 0 Å². The van der Waals surface area contributed by atoms with Crippen LogP contribution < -0.4 is 5.40 Å².